The molecule has 1 unspecified atom stereocenters. The number of anilines is 2. The summed E-state index contributed by atoms with van der Waals surface area (Å²) >= 11 is 0. The van der Waals surface area contributed by atoms with Crippen molar-refractivity contribution in [1.29, 1.82) is 0 Å². The van der Waals surface area contributed by atoms with E-state index in [1.807, 2.05) is 6.92 Å². The van der Waals surface area contributed by atoms with Gasteiger partial charge in [0.2, 0.25) is 0 Å². The molecular weight excluding hydrogens is 442 g/mol. The fourth-order valence-electron chi connectivity index (χ4n) is 4.28. The monoisotopic (exact) mass is 475 g/mol. The van der Waals surface area contributed by atoms with Crippen LogP contribution in [-0.2, 0) is 16.4 Å². The van der Waals surface area contributed by atoms with Gasteiger partial charge in [0.15, 0.2) is 0 Å². The predicted octanol–water partition coefficient (Wildman–Crippen LogP) is 4.04. The van der Waals surface area contributed by atoms with Crippen molar-refractivity contribution in [2.45, 2.75) is 50.5 Å². The summed E-state index contributed by atoms with van der Waals surface area (Å²) in [6.45, 7) is 5.64. The molecule has 2 aromatic carbocycles. The van der Waals surface area contributed by atoms with Crippen LogP contribution >= 0.6 is 0 Å². The number of ether oxygens (including phenoxy) is 1. The normalized spacial score (nSPS) is 16.5. The van der Waals surface area contributed by atoms with E-state index in [1.165, 1.54) is 18.6 Å². The number of nitrogens with zero attached hydrogens (tertiary/aromatic N) is 1. The molecule has 3 N–H and O–H groups in total. The zero-order valence-electron chi connectivity index (χ0n) is 19.4. The molecule has 0 radical (unpaired) electrons. The number of para-hydroxylation sites is 1. The minimum absolute atomic E-state index is 0.0227. The number of nitrogens with one attached hydrogen (secondary N) is 2. The molecule has 180 valence electrons. The molecule has 33 heavy (non-hydrogen) atoms. The molecule has 1 aliphatic rings. The molecule has 0 aliphatic carbocycles. The Bertz CT molecular complexity index is 1090. The minimum atomic E-state index is -4.05. The largest absolute Gasteiger partial charge is 0.493 e. The fraction of sp³-hybridized carbons (Fsp3) is 0.458. The van der Waals surface area contributed by atoms with Crippen LogP contribution in [0.15, 0.2) is 41.3 Å². The molecule has 0 spiro atoms. The fourth-order valence-corrected chi connectivity index (χ4v) is 5.53. The first-order valence-corrected chi connectivity index (χ1v) is 12.8. The Morgan fingerprint density at radius 2 is 1.94 bits per heavy atom. The number of aryl methyl sites for hydroxylation is 1. The summed E-state index contributed by atoms with van der Waals surface area (Å²) in [6, 6.07) is 10.3. The quantitative estimate of drug-likeness (QED) is 0.450. The molecule has 3 rings (SSSR count). The number of carboxylic acids is 1. The van der Waals surface area contributed by atoms with Crippen molar-refractivity contribution in [2.24, 2.45) is 0 Å². The molecule has 1 heterocycles. The molecule has 1 fully saturated rings. The van der Waals surface area contributed by atoms with Crippen LogP contribution in [0.2, 0.25) is 0 Å². The standard InChI is InChI=1S/C24H33N3O5S/c1-4-17-12-13-20(22(24(28)29)23(17)32-5-2)26-33(30,31)21-11-7-6-10-19(21)25-15-14-18-9-8-16-27(18)3/h6-7,10-13,18,25-26H,4-5,8-9,14-16H2,1-3H3,(H,28,29). The number of carbonyl (C=O) groups is 1. The number of hydrogen-bond acceptors (Lipinski definition) is 6. The van der Waals surface area contributed by atoms with Crippen LogP contribution in [0.3, 0.4) is 0 Å². The predicted molar refractivity (Wildman–Crippen MR) is 130 cm³/mol. The molecule has 0 bridgehead atoms. The van der Waals surface area contributed by atoms with Gasteiger partial charge in [0, 0.05) is 12.6 Å². The van der Waals surface area contributed by atoms with Crippen molar-refractivity contribution < 1.29 is 23.1 Å². The summed E-state index contributed by atoms with van der Waals surface area (Å²) in [4.78, 5) is 14.4. The number of aromatic carboxylic acids is 1. The topological polar surface area (TPSA) is 108 Å². The number of likely N-dealkylation sites (tertiary alicyclic amines) is 1. The van der Waals surface area contributed by atoms with E-state index >= 15 is 0 Å². The Morgan fingerprint density at radius 1 is 1.18 bits per heavy atom. The highest BCUT2D eigenvalue weighted by molar-refractivity contribution is 7.92. The van der Waals surface area contributed by atoms with Crippen LogP contribution in [-0.4, -0.2) is 57.2 Å². The van der Waals surface area contributed by atoms with Gasteiger partial charge < -0.3 is 20.1 Å². The van der Waals surface area contributed by atoms with E-state index in [4.69, 9.17) is 4.74 Å². The third kappa shape index (κ3) is 5.78. The molecule has 9 heteroatoms. The second-order valence-corrected chi connectivity index (χ2v) is 9.81. The van der Waals surface area contributed by atoms with Gasteiger partial charge in [-0.25, -0.2) is 13.2 Å². The highest BCUT2D eigenvalue weighted by atomic mass is 32.2. The Kier molecular flexibility index (Phi) is 8.20. The maximum atomic E-state index is 13.3. The van der Waals surface area contributed by atoms with Gasteiger partial charge in [-0.15, -0.1) is 0 Å². The first kappa shape index (κ1) is 24.9. The van der Waals surface area contributed by atoms with Crippen LogP contribution in [0.5, 0.6) is 5.75 Å². The highest BCUT2D eigenvalue weighted by Gasteiger charge is 2.26. The Morgan fingerprint density at radius 3 is 2.58 bits per heavy atom. The van der Waals surface area contributed by atoms with Crippen molar-refractivity contribution in [3.8, 4) is 5.75 Å². The lowest BCUT2D eigenvalue weighted by Gasteiger charge is -2.21. The van der Waals surface area contributed by atoms with Gasteiger partial charge in [-0.2, -0.15) is 0 Å². The van der Waals surface area contributed by atoms with E-state index in [0.29, 0.717) is 30.3 Å². The van der Waals surface area contributed by atoms with E-state index in [2.05, 4.69) is 22.0 Å². The second kappa shape index (κ2) is 10.9. The van der Waals surface area contributed by atoms with Gasteiger partial charge in [0.05, 0.1) is 18.0 Å². The number of benzene rings is 2. The first-order chi connectivity index (χ1) is 15.8. The molecular formula is C24H33N3O5S. The third-order valence-electron chi connectivity index (χ3n) is 6.01. The van der Waals surface area contributed by atoms with E-state index in [-0.39, 0.29) is 28.5 Å². The van der Waals surface area contributed by atoms with Crippen LogP contribution < -0.4 is 14.8 Å². The SMILES string of the molecule is CCOc1c(CC)ccc(NS(=O)(=O)c2ccccc2NCCC2CCCN2C)c1C(=O)O. The second-order valence-electron chi connectivity index (χ2n) is 8.16. The van der Waals surface area contributed by atoms with Crippen LogP contribution in [0, 0.1) is 0 Å². The Labute approximate surface area is 196 Å². The van der Waals surface area contributed by atoms with Gasteiger partial charge in [0.1, 0.15) is 16.2 Å². The summed E-state index contributed by atoms with van der Waals surface area (Å²) in [7, 11) is -1.94. The number of rotatable bonds is 11. The summed E-state index contributed by atoms with van der Waals surface area (Å²) < 4.78 is 34.7. The van der Waals surface area contributed by atoms with Crippen molar-refractivity contribution in [2.75, 3.05) is 36.8 Å². The lowest BCUT2D eigenvalue weighted by molar-refractivity contribution is 0.0693. The smallest absolute Gasteiger partial charge is 0.341 e. The lowest BCUT2D eigenvalue weighted by Crippen LogP contribution is -2.27. The molecule has 0 saturated carbocycles. The van der Waals surface area contributed by atoms with E-state index in [0.717, 1.165) is 19.4 Å². The van der Waals surface area contributed by atoms with Gasteiger partial charge in [-0.3, -0.25) is 4.72 Å². The van der Waals surface area contributed by atoms with E-state index in [1.54, 1.807) is 31.2 Å². The summed E-state index contributed by atoms with van der Waals surface area (Å²) in [5.74, 6) is -1.06. The first-order valence-electron chi connectivity index (χ1n) is 11.4. The molecule has 8 nitrogen and oxygen atoms in total. The molecule has 0 aromatic heterocycles. The van der Waals surface area contributed by atoms with Crippen LogP contribution in [0.25, 0.3) is 0 Å². The zero-order valence-corrected chi connectivity index (χ0v) is 20.2. The van der Waals surface area contributed by atoms with Gasteiger partial charge in [-0.1, -0.05) is 25.1 Å². The number of sulfonamides is 1. The highest BCUT2D eigenvalue weighted by Crippen LogP contribution is 2.34. The van der Waals surface area contributed by atoms with Crippen molar-refractivity contribution in [3.05, 3.63) is 47.5 Å². The van der Waals surface area contributed by atoms with Crippen molar-refractivity contribution in [3.63, 3.8) is 0 Å². The zero-order chi connectivity index (χ0) is 24.0. The van der Waals surface area contributed by atoms with Crippen LogP contribution in [0.4, 0.5) is 11.4 Å². The molecule has 1 aliphatic heterocycles. The molecule has 0 amide bonds. The maximum Gasteiger partial charge on any atom is 0.341 e. The van der Waals surface area contributed by atoms with E-state index in [9.17, 15) is 18.3 Å². The maximum absolute atomic E-state index is 13.3. The Balaban J connectivity index is 1.87. The third-order valence-corrected chi connectivity index (χ3v) is 7.43. The van der Waals surface area contributed by atoms with Crippen LogP contribution in [0.1, 0.15) is 49.0 Å². The average Bonchev–Trinajstić information content (AvgIpc) is 3.18. The van der Waals surface area contributed by atoms with Crippen molar-refractivity contribution in [1.82, 2.24) is 4.90 Å². The number of hydrogen-bond donors (Lipinski definition) is 3. The molecule has 2 aromatic rings. The lowest BCUT2D eigenvalue weighted by atomic mass is 10.0. The minimum Gasteiger partial charge on any atom is -0.493 e. The summed E-state index contributed by atoms with van der Waals surface area (Å²) in [6.07, 6.45) is 3.80. The Hall–Kier alpha value is -2.78. The average molecular weight is 476 g/mol. The summed E-state index contributed by atoms with van der Waals surface area (Å²) in [5, 5.41) is 13.1. The van der Waals surface area contributed by atoms with Gasteiger partial charge in [-0.05, 0) is 70.0 Å². The molecule has 1 atom stereocenters. The van der Waals surface area contributed by atoms with Crippen molar-refractivity contribution >= 4 is 27.4 Å². The number of carboxylic acid groups (broad SMARTS) is 1. The van der Waals surface area contributed by atoms with E-state index < -0.39 is 16.0 Å². The van der Waals surface area contributed by atoms with Gasteiger partial charge in [0.25, 0.3) is 10.0 Å². The summed E-state index contributed by atoms with van der Waals surface area (Å²) in [5.41, 5.74) is 0.980. The van der Waals surface area contributed by atoms with Gasteiger partial charge >= 0.3 is 5.97 Å². The molecule has 1 saturated heterocycles.